The molecule has 0 radical (unpaired) electrons. The number of thiophene rings is 1. The Kier molecular flexibility index (Phi) is 5.24. The van der Waals surface area contributed by atoms with Crippen LogP contribution in [-0.4, -0.2) is 31.0 Å². The minimum Gasteiger partial charge on any atom is -0.461 e. The van der Waals surface area contributed by atoms with E-state index in [2.05, 4.69) is 15.6 Å². The van der Waals surface area contributed by atoms with Crippen LogP contribution in [0.3, 0.4) is 0 Å². The summed E-state index contributed by atoms with van der Waals surface area (Å²) >= 11 is 1.16. The van der Waals surface area contributed by atoms with E-state index >= 15 is 0 Å². The molecule has 0 aliphatic rings. The molecule has 3 aromatic heterocycles. The van der Waals surface area contributed by atoms with Crippen molar-refractivity contribution in [1.82, 2.24) is 10.3 Å². The molecule has 0 bridgehead atoms. The maximum Gasteiger partial charge on any atom is 0.260 e. The first-order chi connectivity index (χ1) is 12.8. The van der Waals surface area contributed by atoms with Crippen LogP contribution in [0.5, 0.6) is 0 Å². The highest BCUT2D eigenvalue weighted by Crippen LogP contribution is 2.45. The SMILES string of the molecule is CNCCCNc1nc2sc(C(N)=O)c(N)c2c(-c2cc(C)c(C)o2)c1N. The number of rotatable bonds is 7. The number of nitrogens with zero attached hydrogens (tertiary/aromatic N) is 1. The lowest BCUT2D eigenvalue weighted by Gasteiger charge is -2.13. The Morgan fingerprint density at radius 3 is 2.59 bits per heavy atom. The third-order valence-corrected chi connectivity index (χ3v) is 5.56. The molecule has 144 valence electrons. The molecule has 3 heterocycles. The zero-order valence-corrected chi connectivity index (χ0v) is 16.4. The van der Waals surface area contributed by atoms with Crippen molar-refractivity contribution in [3.8, 4) is 11.3 Å². The number of hydrogen-bond donors (Lipinski definition) is 5. The summed E-state index contributed by atoms with van der Waals surface area (Å²) in [5.74, 6) is 1.34. The number of amides is 1. The van der Waals surface area contributed by atoms with Gasteiger partial charge in [-0.1, -0.05) is 0 Å². The van der Waals surface area contributed by atoms with Crippen molar-refractivity contribution < 1.29 is 9.21 Å². The third-order valence-electron chi connectivity index (χ3n) is 4.45. The number of aryl methyl sites for hydroxylation is 2. The zero-order chi connectivity index (χ0) is 19.7. The van der Waals surface area contributed by atoms with Crippen LogP contribution in [0.4, 0.5) is 17.2 Å². The monoisotopic (exact) mass is 388 g/mol. The topological polar surface area (TPSA) is 145 Å². The predicted octanol–water partition coefficient (Wildman–Crippen LogP) is 2.46. The van der Waals surface area contributed by atoms with Gasteiger partial charge in [-0.2, -0.15) is 0 Å². The molecule has 1 amide bonds. The Balaban J connectivity index is 2.21. The normalized spacial score (nSPS) is 11.2. The number of pyridine rings is 1. The molecular weight excluding hydrogens is 364 g/mol. The fraction of sp³-hybridized carbons (Fsp3) is 0.333. The van der Waals surface area contributed by atoms with E-state index in [1.807, 2.05) is 27.0 Å². The summed E-state index contributed by atoms with van der Waals surface area (Å²) < 4.78 is 5.90. The van der Waals surface area contributed by atoms with Gasteiger partial charge < -0.3 is 32.3 Å². The van der Waals surface area contributed by atoms with Gasteiger partial charge in [0.2, 0.25) is 0 Å². The number of anilines is 3. The highest BCUT2D eigenvalue weighted by molar-refractivity contribution is 7.21. The van der Waals surface area contributed by atoms with Crippen molar-refractivity contribution in [2.75, 3.05) is 36.9 Å². The van der Waals surface area contributed by atoms with Crippen molar-refractivity contribution in [2.45, 2.75) is 20.3 Å². The summed E-state index contributed by atoms with van der Waals surface area (Å²) in [5, 5.41) is 6.95. The van der Waals surface area contributed by atoms with Gasteiger partial charge in [-0.05, 0) is 45.5 Å². The lowest BCUT2D eigenvalue weighted by Crippen LogP contribution is -2.14. The number of furan rings is 1. The molecule has 8 N–H and O–H groups in total. The summed E-state index contributed by atoms with van der Waals surface area (Å²) in [7, 11) is 1.90. The third kappa shape index (κ3) is 3.43. The maximum absolute atomic E-state index is 11.8. The molecule has 0 atom stereocenters. The molecule has 0 saturated heterocycles. The van der Waals surface area contributed by atoms with E-state index in [-0.39, 0.29) is 10.6 Å². The van der Waals surface area contributed by atoms with E-state index in [1.165, 1.54) is 0 Å². The van der Waals surface area contributed by atoms with Crippen molar-refractivity contribution in [3.63, 3.8) is 0 Å². The Morgan fingerprint density at radius 1 is 1.26 bits per heavy atom. The molecule has 8 nitrogen and oxygen atoms in total. The standard InChI is InChI=1S/C18H24N6O2S/c1-8-7-10(26-9(8)2)11-12-13(19)15(16(21)25)27-18(12)24-17(14(11)20)23-6-4-5-22-3/h7,22H,4-6,19-20H2,1-3H3,(H2,21,25)(H,23,24). The fourth-order valence-electron chi connectivity index (χ4n) is 2.91. The van der Waals surface area contributed by atoms with Gasteiger partial charge in [0.25, 0.3) is 5.91 Å². The molecule has 3 rings (SSSR count). The molecule has 0 spiro atoms. The van der Waals surface area contributed by atoms with Crippen molar-refractivity contribution in [1.29, 1.82) is 0 Å². The molecule has 0 aliphatic carbocycles. The van der Waals surface area contributed by atoms with Gasteiger partial charge in [0.05, 0.1) is 16.9 Å². The molecule has 0 aliphatic heterocycles. The number of primary amides is 1. The van der Waals surface area contributed by atoms with E-state index < -0.39 is 5.91 Å². The van der Waals surface area contributed by atoms with E-state index in [4.69, 9.17) is 21.6 Å². The van der Waals surface area contributed by atoms with Crippen LogP contribution in [0, 0.1) is 13.8 Å². The second-order valence-electron chi connectivity index (χ2n) is 6.37. The Morgan fingerprint density at radius 2 is 2.00 bits per heavy atom. The van der Waals surface area contributed by atoms with Crippen LogP contribution in [-0.2, 0) is 0 Å². The summed E-state index contributed by atoms with van der Waals surface area (Å²) in [6.45, 7) is 5.41. The van der Waals surface area contributed by atoms with E-state index in [0.717, 1.165) is 35.6 Å². The average molecular weight is 388 g/mol. The Bertz CT molecular complexity index is 988. The van der Waals surface area contributed by atoms with Gasteiger partial charge in [-0.15, -0.1) is 11.3 Å². The fourth-order valence-corrected chi connectivity index (χ4v) is 3.87. The first kappa shape index (κ1) is 19.0. The number of aromatic nitrogens is 1. The van der Waals surface area contributed by atoms with Gasteiger partial charge >= 0.3 is 0 Å². The van der Waals surface area contributed by atoms with Crippen LogP contribution in [0.25, 0.3) is 21.5 Å². The molecule has 0 aromatic carbocycles. The first-order valence-corrected chi connectivity index (χ1v) is 9.43. The average Bonchev–Trinajstić information content (AvgIpc) is 3.12. The summed E-state index contributed by atoms with van der Waals surface area (Å²) in [5.41, 5.74) is 20.5. The van der Waals surface area contributed by atoms with Gasteiger partial charge in [0.1, 0.15) is 21.2 Å². The second-order valence-corrected chi connectivity index (χ2v) is 7.37. The molecule has 3 aromatic rings. The van der Waals surface area contributed by atoms with E-state index in [9.17, 15) is 4.79 Å². The lowest BCUT2D eigenvalue weighted by atomic mass is 10.1. The van der Waals surface area contributed by atoms with Crippen LogP contribution in [0.2, 0.25) is 0 Å². The second kappa shape index (κ2) is 7.45. The quantitative estimate of drug-likeness (QED) is 0.391. The van der Waals surface area contributed by atoms with Crippen molar-refractivity contribution >= 4 is 44.7 Å². The molecule has 9 heteroatoms. The van der Waals surface area contributed by atoms with Crippen LogP contribution >= 0.6 is 11.3 Å². The Labute approximate surface area is 161 Å². The highest BCUT2D eigenvalue weighted by atomic mass is 32.1. The Hall–Kier alpha value is -2.78. The largest absolute Gasteiger partial charge is 0.461 e. The molecule has 27 heavy (non-hydrogen) atoms. The first-order valence-electron chi connectivity index (χ1n) is 8.62. The smallest absolute Gasteiger partial charge is 0.260 e. The van der Waals surface area contributed by atoms with E-state index in [1.54, 1.807) is 0 Å². The molecular formula is C18H24N6O2S. The number of hydrogen-bond acceptors (Lipinski definition) is 8. The van der Waals surface area contributed by atoms with Crippen molar-refractivity contribution in [2.24, 2.45) is 5.73 Å². The summed E-state index contributed by atoms with van der Waals surface area (Å²) in [4.78, 5) is 17.2. The number of fused-ring (bicyclic) bond motifs is 1. The highest BCUT2D eigenvalue weighted by Gasteiger charge is 2.24. The minimum absolute atomic E-state index is 0.269. The van der Waals surface area contributed by atoms with Gasteiger partial charge in [0.15, 0.2) is 5.82 Å². The molecule has 0 unspecified atom stereocenters. The number of carbonyl (C=O) groups excluding carboxylic acids is 1. The molecule has 0 fully saturated rings. The van der Waals surface area contributed by atoms with E-state index in [0.29, 0.717) is 39.6 Å². The van der Waals surface area contributed by atoms with Gasteiger partial charge in [-0.25, -0.2) is 4.98 Å². The summed E-state index contributed by atoms with van der Waals surface area (Å²) in [6.07, 6.45) is 0.906. The van der Waals surface area contributed by atoms with Crippen LogP contribution in [0.15, 0.2) is 10.5 Å². The number of nitrogens with one attached hydrogen (secondary N) is 2. The summed E-state index contributed by atoms with van der Waals surface area (Å²) in [6, 6.07) is 1.91. The van der Waals surface area contributed by atoms with Gasteiger partial charge in [0, 0.05) is 11.9 Å². The minimum atomic E-state index is -0.588. The van der Waals surface area contributed by atoms with Crippen LogP contribution in [0.1, 0.15) is 27.4 Å². The number of carbonyl (C=O) groups is 1. The number of nitrogen functional groups attached to an aromatic ring is 2. The zero-order valence-electron chi connectivity index (χ0n) is 15.6. The van der Waals surface area contributed by atoms with Gasteiger partial charge in [-0.3, -0.25) is 4.79 Å². The predicted molar refractivity (Wildman–Crippen MR) is 111 cm³/mol. The van der Waals surface area contributed by atoms with Crippen LogP contribution < -0.4 is 27.8 Å². The number of nitrogens with two attached hydrogens (primary N) is 3. The molecule has 0 saturated carbocycles. The van der Waals surface area contributed by atoms with Crippen molar-refractivity contribution in [3.05, 3.63) is 22.3 Å². The maximum atomic E-state index is 11.8. The lowest BCUT2D eigenvalue weighted by molar-refractivity contribution is 0.100.